The highest BCUT2D eigenvalue weighted by molar-refractivity contribution is 6.10. The number of anilines is 1. The van der Waals surface area contributed by atoms with Gasteiger partial charge in [0.2, 0.25) is 0 Å². The Labute approximate surface area is 191 Å². The Morgan fingerprint density at radius 3 is 2.21 bits per heavy atom. The molecule has 0 spiro atoms. The third-order valence-electron chi connectivity index (χ3n) is 4.67. The first-order chi connectivity index (χ1) is 16.0. The number of carboxylic acids is 1. The van der Waals surface area contributed by atoms with Crippen molar-refractivity contribution in [3.8, 4) is 11.8 Å². The van der Waals surface area contributed by atoms with Crippen molar-refractivity contribution >= 4 is 41.4 Å². The van der Waals surface area contributed by atoms with Crippen molar-refractivity contribution in [3.05, 3.63) is 64.7 Å². The first-order valence-corrected chi connectivity index (χ1v) is 9.54. The zero-order valence-corrected chi connectivity index (χ0v) is 17.2. The molecular weight excluding hydrogens is 450 g/mol. The molecule has 2 aromatic carbocycles. The number of carbonyl (C=O) groups is 5. The van der Waals surface area contributed by atoms with Crippen LogP contribution < -0.4 is 10.4 Å². The van der Waals surface area contributed by atoms with E-state index in [0.717, 1.165) is 18.2 Å². The fourth-order valence-corrected chi connectivity index (χ4v) is 2.95. The Balaban J connectivity index is 1.89. The molecule has 0 saturated carbocycles. The van der Waals surface area contributed by atoms with Crippen LogP contribution in [0.5, 0.6) is 5.75 Å². The molecule has 3 N–H and O–H groups in total. The lowest BCUT2D eigenvalue weighted by molar-refractivity contribution is -1.12. The number of nitriles is 1. The van der Waals surface area contributed by atoms with Crippen LogP contribution in [0.4, 0.5) is 5.69 Å². The molecule has 0 unspecified atom stereocenters. The molecule has 1 aliphatic rings. The third kappa shape index (κ3) is 4.96. The largest absolute Gasteiger partial charge is 0.872 e. The number of nitrogens with one attached hydrogen (secondary N) is 1. The number of imide groups is 1. The molecule has 172 valence electrons. The Morgan fingerprint density at radius 1 is 1.06 bits per heavy atom. The lowest BCUT2D eigenvalue weighted by Crippen LogP contribution is -2.50. The summed E-state index contributed by atoms with van der Waals surface area (Å²) in [5, 5.41) is 42.2. The number of hydroxylamine groups is 4. The van der Waals surface area contributed by atoms with Crippen LogP contribution in [0.25, 0.3) is 6.08 Å². The first kappa shape index (κ1) is 23.8. The molecule has 0 bridgehead atoms. The number of hydrogen-bond donors (Lipinski definition) is 3. The van der Waals surface area contributed by atoms with Gasteiger partial charge in [-0.15, -0.1) is 5.75 Å². The monoisotopic (exact) mass is 465 g/mol. The van der Waals surface area contributed by atoms with E-state index in [1.807, 2.05) is 0 Å². The van der Waals surface area contributed by atoms with Gasteiger partial charge in [0.15, 0.2) is 0 Å². The van der Waals surface area contributed by atoms with Crippen molar-refractivity contribution in [2.45, 2.75) is 12.8 Å². The van der Waals surface area contributed by atoms with E-state index < -0.39 is 51.2 Å². The summed E-state index contributed by atoms with van der Waals surface area (Å²) >= 11 is 0. The van der Waals surface area contributed by atoms with Crippen LogP contribution in [-0.2, 0) is 19.2 Å². The number of nitrogens with zero attached hydrogens (tertiary/aromatic N) is 2. The van der Waals surface area contributed by atoms with E-state index in [0.29, 0.717) is 5.56 Å². The van der Waals surface area contributed by atoms with E-state index in [9.17, 15) is 44.7 Å². The molecule has 1 saturated heterocycles. The van der Waals surface area contributed by atoms with Crippen LogP contribution in [0.3, 0.4) is 0 Å². The zero-order valence-electron chi connectivity index (χ0n) is 17.2. The van der Waals surface area contributed by atoms with Gasteiger partial charge in [-0.2, -0.15) is 10.5 Å². The highest BCUT2D eigenvalue weighted by Crippen LogP contribution is 2.24. The van der Waals surface area contributed by atoms with Crippen LogP contribution >= 0.6 is 0 Å². The molecule has 12 heteroatoms. The molecule has 0 aromatic heterocycles. The molecular formula is C22H15N3O9. The summed E-state index contributed by atoms with van der Waals surface area (Å²) < 4.78 is 0. The predicted octanol–water partition coefficient (Wildman–Crippen LogP) is 1.13. The Morgan fingerprint density at radius 2 is 1.65 bits per heavy atom. The van der Waals surface area contributed by atoms with Crippen molar-refractivity contribution in [2.75, 3.05) is 5.32 Å². The molecule has 0 atom stereocenters. The van der Waals surface area contributed by atoms with E-state index in [4.69, 9.17) is 0 Å². The minimum Gasteiger partial charge on any atom is -0.872 e. The SMILES string of the molecule is N#CC(=Cc1ccc([O-])cc1)C(=O)Nc1cc(C(=O)O)cc(C(=O)O[N+]2(O)C(=O)CCC2=O)c1. The van der Waals surface area contributed by atoms with Crippen molar-refractivity contribution < 1.29 is 49.0 Å². The molecule has 0 radical (unpaired) electrons. The van der Waals surface area contributed by atoms with Gasteiger partial charge >= 0.3 is 23.8 Å². The van der Waals surface area contributed by atoms with Gasteiger partial charge in [-0.1, -0.05) is 24.3 Å². The van der Waals surface area contributed by atoms with Crippen molar-refractivity contribution in [1.29, 1.82) is 5.26 Å². The number of carboxylic acid groups (broad SMARTS) is 1. The number of carbonyl (C=O) groups excluding carboxylic acids is 4. The van der Waals surface area contributed by atoms with Gasteiger partial charge in [0.1, 0.15) is 16.5 Å². The third-order valence-corrected chi connectivity index (χ3v) is 4.67. The second-order valence-corrected chi connectivity index (χ2v) is 7.04. The highest BCUT2D eigenvalue weighted by atomic mass is 17.0. The summed E-state index contributed by atoms with van der Waals surface area (Å²) in [4.78, 5) is 62.4. The first-order valence-electron chi connectivity index (χ1n) is 9.54. The van der Waals surface area contributed by atoms with E-state index in [2.05, 4.69) is 10.2 Å². The lowest BCUT2D eigenvalue weighted by Gasteiger charge is -2.16. The van der Waals surface area contributed by atoms with Crippen LogP contribution in [0, 0.1) is 11.3 Å². The summed E-state index contributed by atoms with van der Waals surface area (Å²) in [6.07, 6.45) is 0.495. The molecule has 3 amide bonds. The summed E-state index contributed by atoms with van der Waals surface area (Å²) in [6, 6.07) is 9.75. The highest BCUT2D eigenvalue weighted by Gasteiger charge is 2.55. The van der Waals surface area contributed by atoms with Crippen molar-refractivity contribution in [3.63, 3.8) is 0 Å². The van der Waals surface area contributed by atoms with Crippen molar-refractivity contribution in [1.82, 2.24) is 0 Å². The van der Waals surface area contributed by atoms with Gasteiger partial charge in [0.05, 0.1) is 24.0 Å². The van der Waals surface area contributed by atoms with Crippen LogP contribution in [0.15, 0.2) is 48.0 Å². The number of aromatic carboxylic acids is 1. The Kier molecular flexibility index (Phi) is 6.53. The molecule has 1 fully saturated rings. The zero-order chi connectivity index (χ0) is 25.0. The summed E-state index contributed by atoms with van der Waals surface area (Å²) in [5.41, 5.74) is -1.20. The molecule has 3 rings (SSSR count). The average molecular weight is 465 g/mol. The normalized spacial score (nSPS) is 14.9. The number of benzene rings is 2. The number of quaternary nitrogens is 1. The second kappa shape index (κ2) is 9.33. The molecule has 0 aliphatic carbocycles. The fraction of sp³-hybridized carbons (Fsp3) is 0.0909. The lowest BCUT2D eigenvalue weighted by atomic mass is 10.1. The molecule has 34 heavy (non-hydrogen) atoms. The maximum absolute atomic E-state index is 12.5. The molecule has 12 nitrogen and oxygen atoms in total. The minimum atomic E-state index is -2.21. The number of rotatable bonds is 6. The van der Waals surface area contributed by atoms with Gasteiger partial charge in [0, 0.05) is 5.69 Å². The Bertz CT molecular complexity index is 1270. The van der Waals surface area contributed by atoms with Crippen LogP contribution in [0.1, 0.15) is 39.1 Å². The summed E-state index contributed by atoms with van der Waals surface area (Å²) in [6.45, 7) is 0. The maximum atomic E-state index is 12.5. The van der Waals surface area contributed by atoms with Crippen LogP contribution in [-0.4, -0.2) is 44.8 Å². The van der Waals surface area contributed by atoms with E-state index in [1.165, 1.54) is 30.3 Å². The topological polar surface area (TPSA) is 194 Å². The van der Waals surface area contributed by atoms with Gasteiger partial charge < -0.3 is 15.5 Å². The van der Waals surface area contributed by atoms with Gasteiger partial charge in [-0.05, 0) is 29.8 Å². The van der Waals surface area contributed by atoms with E-state index in [1.54, 1.807) is 6.07 Å². The number of hydrogen-bond acceptors (Lipinski definition) is 9. The van der Waals surface area contributed by atoms with E-state index >= 15 is 0 Å². The molecule has 1 aliphatic heterocycles. The quantitative estimate of drug-likeness (QED) is 0.183. The van der Waals surface area contributed by atoms with Crippen molar-refractivity contribution in [2.24, 2.45) is 0 Å². The fourth-order valence-electron chi connectivity index (χ4n) is 2.95. The number of amides is 3. The van der Waals surface area contributed by atoms with Gasteiger partial charge in [-0.25, -0.2) is 24.0 Å². The van der Waals surface area contributed by atoms with Gasteiger partial charge in [-0.3, -0.25) is 4.79 Å². The maximum Gasteiger partial charge on any atom is 0.403 e. The second-order valence-electron chi connectivity index (χ2n) is 7.04. The minimum absolute atomic E-state index is 0.225. The summed E-state index contributed by atoms with van der Waals surface area (Å²) in [7, 11) is 0. The standard InChI is InChI=1S/C22H15N3O9/c23-11-15(7-12-1-3-17(26)4-2-12)20(29)24-16-9-13(21(30)31)8-14(10-16)22(32)34-25(33)18(27)5-6-19(25)28/h1-4,7-10,33H,5-6H2,(H2-,24,26,29,30,31). The molecule has 2 aromatic rings. The predicted molar refractivity (Wildman–Crippen MR) is 108 cm³/mol. The molecule has 1 heterocycles. The average Bonchev–Trinajstić information content (AvgIpc) is 3.05. The van der Waals surface area contributed by atoms with Gasteiger partial charge in [0.25, 0.3) is 5.91 Å². The van der Waals surface area contributed by atoms with Crippen LogP contribution in [0.2, 0.25) is 0 Å². The van der Waals surface area contributed by atoms with E-state index in [-0.39, 0.29) is 24.3 Å². The Hall–Kier alpha value is -4.86. The smallest absolute Gasteiger partial charge is 0.403 e. The summed E-state index contributed by atoms with van der Waals surface area (Å²) in [5.74, 6) is -6.26.